The monoisotopic (exact) mass is 333 g/mol. The van der Waals surface area contributed by atoms with Crippen LogP contribution in [0.1, 0.15) is 19.8 Å². The highest BCUT2D eigenvalue weighted by atomic mass is 32.2. The summed E-state index contributed by atoms with van der Waals surface area (Å²) in [4.78, 5) is 11.8. The Hall–Kier alpha value is -2.48. The minimum Gasteiger partial charge on any atom is -0.423 e. The highest BCUT2D eigenvalue weighted by Gasteiger charge is 2.24. The Balaban J connectivity index is 1.81. The number of hydrogen-bond donors (Lipinski definition) is 1. The van der Waals surface area contributed by atoms with Gasteiger partial charge in [0.1, 0.15) is 0 Å². The molecule has 8 heteroatoms. The molecule has 3 rings (SSSR count). The molecule has 1 aliphatic rings. The summed E-state index contributed by atoms with van der Waals surface area (Å²) in [6.45, 7) is 1.83. The lowest BCUT2D eigenvalue weighted by molar-refractivity contribution is -0.114. The second-order valence-electron chi connectivity index (χ2n) is 5.40. The van der Waals surface area contributed by atoms with Gasteiger partial charge in [-0.05, 0) is 43.9 Å². The predicted octanol–water partition coefficient (Wildman–Crippen LogP) is 1.90. The average molecular weight is 333 g/mol. The lowest BCUT2D eigenvalue weighted by Crippen LogP contribution is -2.29. The second kappa shape index (κ2) is 5.96. The van der Waals surface area contributed by atoms with Crippen molar-refractivity contribution in [2.45, 2.75) is 24.7 Å². The molecule has 120 valence electrons. The van der Waals surface area contributed by atoms with E-state index in [-0.39, 0.29) is 10.8 Å². The van der Waals surface area contributed by atoms with Gasteiger partial charge in [-0.3, -0.25) is 4.79 Å². The highest BCUT2D eigenvalue weighted by molar-refractivity contribution is 7.90. The minimum atomic E-state index is -3.96. The first kappa shape index (κ1) is 15.4. The van der Waals surface area contributed by atoms with E-state index in [2.05, 4.69) is 10.2 Å². The van der Waals surface area contributed by atoms with Gasteiger partial charge in [-0.15, -0.1) is 10.2 Å². The van der Waals surface area contributed by atoms with Gasteiger partial charge in [0.05, 0.1) is 4.90 Å². The molecular weight excluding hydrogens is 318 g/mol. The topological polar surface area (TPSA) is 102 Å². The summed E-state index contributed by atoms with van der Waals surface area (Å²) in [6.07, 6.45) is 4.60. The number of sulfonamides is 1. The van der Waals surface area contributed by atoms with Crippen LogP contribution >= 0.6 is 0 Å². The van der Waals surface area contributed by atoms with Gasteiger partial charge in [0.15, 0.2) is 0 Å². The summed E-state index contributed by atoms with van der Waals surface area (Å²) in [5.74, 6) is -0.0280. The molecule has 0 unspecified atom stereocenters. The molecule has 1 heterocycles. The number of aromatic nitrogens is 2. The summed E-state index contributed by atoms with van der Waals surface area (Å²) in [7, 11) is -3.96. The Morgan fingerprint density at radius 3 is 2.83 bits per heavy atom. The van der Waals surface area contributed by atoms with Gasteiger partial charge in [-0.25, -0.2) is 13.1 Å². The van der Waals surface area contributed by atoms with Crippen LogP contribution in [0.25, 0.3) is 11.5 Å². The van der Waals surface area contributed by atoms with Gasteiger partial charge in [0.25, 0.3) is 15.9 Å². The van der Waals surface area contributed by atoms with Crippen LogP contribution in [0.5, 0.6) is 0 Å². The van der Waals surface area contributed by atoms with E-state index in [1.165, 1.54) is 18.2 Å². The SMILES string of the molecule is C/C(=C\C(=O)NS(=O)(=O)c1cccc(-c2nnco2)c1)C1CC1. The maximum atomic E-state index is 12.3. The number of hydrogen-bond acceptors (Lipinski definition) is 6. The van der Waals surface area contributed by atoms with Gasteiger partial charge in [-0.2, -0.15) is 0 Å². The minimum absolute atomic E-state index is 0.0426. The summed E-state index contributed by atoms with van der Waals surface area (Å²) in [5, 5.41) is 7.28. The quantitative estimate of drug-likeness (QED) is 0.838. The van der Waals surface area contributed by atoms with E-state index >= 15 is 0 Å². The van der Waals surface area contributed by atoms with Crippen LogP contribution in [-0.4, -0.2) is 24.5 Å². The molecule has 0 atom stereocenters. The van der Waals surface area contributed by atoms with Crippen molar-refractivity contribution in [3.8, 4) is 11.5 Å². The van der Waals surface area contributed by atoms with Crippen molar-refractivity contribution in [2.24, 2.45) is 5.92 Å². The molecule has 23 heavy (non-hydrogen) atoms. The van der Waals surface area contributed by atoms with Crippen molar-refractivity contribution < 1.29 is 17.6 Å². The highest BCUT2D eigenvalue weighted by Crippen LogP contribution is 2.35. The standard InChI is InChI=1S/C15H15N3O4S/c1-10(11-5-6-11)7-14(19)18-23(20,21)13-4-2-3-12(8-13)15-17-16-9-22-15/h2-4,7-9,11H,5-6H2,1H3,(H,18,19)/b10-7+. The maximum absolute atomic E-state index is 12.3. The zero-order valence-electron chi connectivity index (χ0n) is 12.4. The maximum Gasteiger partial charge on any atom is 0.264 e. The fraction of sp³-hybridized carbons (Fsp3) is 0.267. The third-order valence-corrected chi connectivity index (χ3v) is 4.91. The van der Waals surface area contributed by atoms with E-state index in [0.29, 0.717) is 11.5 Å². The van der Waals surface area contributed by atoms with Crippen LogP contribution in [0.2, 0.25) is 0 Å². The van der Waals surface area contributed by atoms with Crippen molar-refractivity contribution in [3.05, 3.63) is 42.3 Å². The van der Waals surface area contributed by atoms with Crippen LogP contribution in [0, 0.1) is 5.92 Å². The number of nitrogens with one attached hydrogen (secondary N) is 1. The molecule has 7 nitrogen and oxygen atoms in total. The Bertz CT molecular complexity index is 853. The fourth-order valence-corrected chi connectivity index (χ4v) is 3.16. The number of nitrogens with zero attached hydrogens (tertiary/aromatic N) is 2. The molecule has 1 saturated carbocycles. The number of carbonyl (C=O) groups is 1. The van der Waals surface area contributed by atoms with Crippen molar-refractivity contribution >= 4 is 15.9 Å². The van der Waals surface area contributed by atoms with Crippen molar-refractivity contribution in [3.63, 3.8) is 0 Å². The largest absolute Gasteiger partial charge is 0.423 e. The van der Waals surface area contributed by atoms with E-state index < -0.39 is 15.9 Å². The lowest BCUT2D eigenvalue weighted by Gasteiger charge is -2.06. The number of benzene rings is 1. The Morgan fingerprint density at radius 1 is 1.39 bits per heavy atom. The smallest absolute Gasteiger partial charge is 0.264 e. The first-order valence-corrected chi connectivity index (χ1v) is 8.55. The molecule has 1 amide bonds. The first-order chi connectivity index (χ1) is 11.0. The van der Waals surface area contributed by atoms with Crippen LogP contribution in [-0.2, 0) is 14.8 Å². The molecule has 1 aromatic heterocycles. The summed E-state index contributed by atoms with van der Waals surface area (Å²) < 4.78 is 31.7. The molecule has 1 fully saturated rings. The zero-order chi connectivity index (χ0) is 16.4. The Kier molecular flexibility index (Phi) is 3.99. The van der Waals surface area contributed by atoms with Gasteiger partial charge in [0.2, 0.25) is 12.3 Å². The molecule has 1 N–H and O–H groups in total. The molecule has 1 aromatic carbocycles. The van der Waals surface area contributed by atoms with E-state index in [9.17, 15) is 13.2 Å². The van der Waals surface area contributed by atoms with Gasteiger partial charge in [0, 0.05) is 11.6 Å². The number of allylic oxidation sites excluding steroid dienone is 1. The van der Waals surface area contributed by atoms with Gasteiger partial charge < -0.3 is 4.42 Å². The second-order valence-corrected chi connectivity index (χ2v) is 7.09. The Morgan fingerprint density at radius 2 is 2.17 bits per heavy atom. The summed E-state index contributed by atoms with van der Waals surface area (Å²) in [5.41, 5.74) is 1.36. The van der Waals surface area contributed by atoms with E-state index in [4.69, 9.17) is 4.42 Å². The molecule has 0 aliphatic heterocycles. The van der Waals surface area contributed by atoms with E-state index in [0.717, 1.165) is 24.8 Å². The van der Waals surface area contributed by atoms with Crippen molar-refractivity contribution in [1.82, 2.24) is 14.9 Å². The molecule has 0 spiro atoms. The Labute approximate surface area is 133 Å². The first-order valence-electron chi connectivity index (χ1n) is 7.07. The zero-order valence-corrected chi connectivity index (χ0v) is 13.2. The average Bonchev–Trinajstić information content (AvgIpc) is 3.22. The van der Waals surface area contributed by atoms with Crippen molar-refractivity contribution in [2.75, 3.05) is 0 Å². The van der Waals surface area contributed by atoms with E-state index in [1.807, 2.05) is 11.6 Å². The van der Waals surface area contributed by atoms with Crippen LogP contribution in [0.3, 0.4) is 0 Å². The molecule has 1 aliphatic carbocycles. The summed E-state index contributed by atoms with van der Waals surface area (Å²) in [6, 6.07) is 5.96. The third kappa shape index (κ3) is 3.65. The molecular formula is C15H15N3O4S. The predicted molar refractivity (Wildman–Crippen MR) is 81.5 cm³/mol. The van der Waals surface area contributed by atoms with Crippen LogP contribution in [0.4, 0.5) is 0 Å². The van der Waals surface area contributed by atoms with Crippen LogP contribution < -0.4 is 4.72 Å². The van der Waals surface area contributed by atoms with Gasteiger partial charge in [-0.1, -0.05) is 11.6 Å². The molecule has 2 aromatic rings. The summed E-state index contributed by atoms with van der Waals surface area (Å²) >= 11 is 0. The van der Waals surface area contributed by atoms with Crippen LogP contribution in [0.15, 0.2) is 51.6 Å². The molecule has 0 bridgehead atoms. The lowest BCUT2D eigenvalue weighted by atomic mass is 10.2. The van der Waals surface area contributed by atoms with E-state index in [1.54, 1.807) is 12.1 Å². The number of amides is 1. The third-order valence-electron chi connectivity index (χ3n) is 3.57. The van der Waals surface area contributed by atoms with Gasteiger partial charge >= 0.3 is 0 Å². The molecule has 0 radical (unpaired) electrons. The fourth-order valence-electron chi connectivity index (χ4n) is 2.18. The normalized spacial score (nSPS) is 15.4. The number of carbonyl (C=O) groups excluding carboxylic acids is 1. The van der Waals surface area contributed by atoms with Crippen molar-refractivity contribution in [1.29, 1.82) is 0 Å². The number of rotatable bonds is 5. The molecule has 0 saturated heterocycles.